The molecule has 2 fully saturated rings. The zero-order valence-electron chi connectivity index (χ0n) is 15.4. The predicted molar refractivity (Wildman–Crippen MR) is 98.8 cm³/mol. The maximum absolute atomic E-state index is 12.6. The highest BCUT2D eigenvalue weighted by molar-refractivity contribution is 6.22. The SMILES string of the molecule is CCCCCCC(=O)Oc1ccc(N2C(=O)[C@H]3CCCC[C@@H]3C2=O)cc1. The third-order valence-corrected chi connectivity index (χ3v) is 5.40. The maximum atomic E-state index is 12.6. The van der Waals surface area contributed by atoms with Gasteiger partial charge in [-0.3, -0.25) is 19.3 Å². The minimum absolute atomic E-state index is 0.0830. The number of nitrogens with zero attached hydrogens (tertiary/aromatic N) is 1. The molecule has 3 rings (SSSR count). The topological polar surface area (TPSA) is 63.7 Å². The molecule has 1 aliphatic carbocycles. The maximum Gasteiger partial charge on any atom is 0.311 e. The van der Waals surface area contributed by atoms with Crippen molar-refractivity contribution in [2.75, 3.05) is 4.90 Å². The first-order valence-corrected chi connectivity index (χ1v) is 9.80. The van der Waals surface area contributed by atoms with E-state index in [9.17, 15) is 14.4 Å². The van der Waals surface area contributed by atoms with Crippen molar-refractivity contribution >= 4 is 23.5 Å². The highest BCUT2D eigenvalue weighted by Crippen LogP contribution is 2.40. The Balaban J connectivity index is 1.60. The zero-order valence-corrected chi connectivity index (χ0v) is 15.4. The third kappa shape index (κ3) is 3.97. The van der Waals surface area contributed by atoms with Crippen LogP contribution >= 0.6 is 0 Å². The van der Waals surface area contributed by atoms with Gasteiger partial charge in [0.1, 0.15) is 5.75 Å². The van der Waals surface area contributed by atoms with E-state index in [0.717, 1.165) is 51.4 Å². The summed E-state index contributed by atoms with van der Waals surface area (Å²) >= 11 is 0. The van der Waals surface area contributed by atoms with Crippen molar-refractivity contribution in [1.82, 2.24) is 0 Å². The molecule has 0 unspecified atom stereocenters. The number of carbonyl (C=O) groups excluding carboxylic acids is 3. The van der Waals surface area contributed by atoms with Gasteiger partial charge >= 0.3 is 5.97 Å². The molecule has 0 radical (unpaired) electrons. The van der Waals surface area contributed by atoms with Crippen LogP contribution < -0.4 is 9.64 Å². The van der Waals surface area contributed by atoms with E-state index < -0.39 is 0 Å². The number of amides is 2. The molecule has 2 aliphatic rings. The Labute approximate surface area is 154 Å². The van der Waals surface area contributed by atoms with Crippen molar-refractivity contribution in [2.24, 2.45) is 11.8 Å². The summed E-state index contributed by atoms with van der Waals surface area (Å²) < 4.78 is 5.33. The lowest BCUT2D eigenvalue weighted by Gasteiger charge is -2.19. The summed E-state index contributed by atoms with van der Waals surface area (Å²) in [4.78, 5) is 38.4. The zero-order chi connectivity index (χ0) is 18.5. The lowest BCUT2D eigenvalue weighted by Crippen LogP contribution is -2.30. The number of rotatable bonds is 7. The number of unbranched alkanes of at least 4 members (excludes halogenated alkanes) is 3. The molecule has 0 aromatic heterocycles. The van der Waals surface area contributed by atoms with Gasteiger partial charge in [-0.15, -0.1) is 0 Å². The van der Waals surface area contributed by atoms with Crippen molar-refractivity contribution in [2.45, 2.75) is 64.7 Å². The van der Waals surface area contributed by atoms with Crippen LogP contribution in [-0.2, 0) is 14.4 Å². The first-order valence-electron chi connectivity index (χ1n) is 9.80. The van der Waals surface area contributed by atoms with Crippen molar-refractivity contribution in [3.63, 3.8) is 0 Å². The van der Waals surface area contributed by atoms with Crippen LogP contribution in [0.1, 0.15) is 64.7 Å². The molecular weight excluding hydrogens is 330 g/mol. The van der Waals surface area contributed by atoms with Gasteiger partial charge in [0, 0.05) is 6.42 Å². The van der Waals surface area contributed by atoms with Gasteiger partial charge in [0.15, 0.2) is 0 Å². The highest BCUT2D eigenvalue weighted by atomic mass is 16.5. The quantitative estimate of drug-likeness (QED) is 0.317. The molecular formula is C21H27NO4. The first-order chi connectivity index (χ1) is 12.6. The number of hydrogen-bond donors (Lipinski definition) is 0. The number of benzene rings is 1. The van der Waals surface area contributed by atoms with Gasteiger partial charge < -0.3 is 4.74 Å². The number of fused-ring (bicyclic) bond motifs is 1. The van der Waals surface area contributed by atoms with Crippen LogP contribution in [0.25, 0.3) is 0 Å². The van der Waals surface area contributed by atoms with Gasteiger partial charge in [0.25, 0.3) is 0 Å². The van der Waals surface area contributed by atoms with Crippen LogP contribution in [0, 0.1) is 11.8 Å². The molecule has 0 spiro atoms. The van der Waals surface area contributed by atoms with Crippen LogP contribution in [0.4, 0.5) is 5.69 Å². The van der Waals surface area contributed by atoms with Crippen LogP contribution in [0.2, 0.25) is 0 Å². The molecule has 1 saturated heterocycles. The van der Waals surface area contributed by atoms with E-state index >= 15 is 0 Å². The van der Waals surface area contributed by atoms with E-state index in [0.29, 0.717) is 17.9 Å². The normalized spacial score (nSPS) is 22.4. The minimum atomic E-state index is -0.242. The Bertz CT molecular complexity index is 643. The summed E-state index contributed by atoms with van der Waals surface area (Å²) in [5.74, 6) is -0.270. The summed E-state index contributed by atoms with van der Waals surface area (Å²) in [5, 5.41) is 0. The van der Waals surface area contributed by atoms with E-state index in [1.54, 1.807) is 24.3 Å². The smallest absolute Gasteiger partial charge is 0.311 e. The first kappa shape index (κ1) is 18.6. The number of anilines is 1. The summed E-state index contributed by atoms with van der Waals surface area (Å²) in [6, 6.07) is 6.68. The molecule has 1 heterocycles. The summed E-state index contributed by atoms with van der Waals surface area (Å²) in [7, 11) is 0. The lowest BCUT2D eigenvalue weighted by atomic mass is 9.81. The van der Waals surface area contributed by atoms with Crippen LogP contribution in [0.3, 0.4) is 0 Å². The second-order valence-corrected chi connectivity index (χ2v) is 7.29. The molecule has 5 nitrogen and oxygen atoms in total. The molecule has 1 aliphatic heterocycles. The Hall–Kier alpha value is -2.17. The van der Waals surface area contributed by atoms with Crippen LogP contribution in [-0.4, -0.2) is 17.8 Å². The van der Waals surface area contributed by atoms with Crippen molar-refractivity contribution < 1.29 is 19.1 Å². The van der Waals surface area contributed by atoms with E-state index in [2.05, 4.69) is 6.92 Å². The fourth-order valence-corrected chi connectivity index (χ4v) is 3.96. The Morgan fingerprint density at radius 3 is 2.19 bits per heavy atom. The number of ether oxygens (including phenoxy) is 1. The third-order valence-electron chi connectivity index (χ3n) is 5.40. The van der Waals surface area contributed by atoms with E-state index in [-0.39, 0.29) is 29.6 Å². The second-order valence-electron chi connectivity index (χ2n) is 7.29. The molecule has 26 heavy (non-hydrogen) atoms. The predicted octanol–water partition coefficient (Wildman–Crippen LogP) is 4.24. The molecule has 140 valence electrons. The Morgan fingerprint density at radius 1 is 1.00 bits per heavy atom. The molecule has 0 bridgehead atoms. The van der Waals surface area contributed by atoms with E-state index in [4.69, 9.17) is 4.74 Å². The van der Waals surface area contributed by atoms with Crippen LogP contribution in [0.5, 0.6) is 5.75 Å². The van der Waals surface area contributed by atoms with Gasteiger partial charge in [-0.1, -0.05) is 39.0 Å². The Morgan fingerprint density at radius 2 is 1.62 bits per heavy atom. The summed E-state index contributed by atoms with van der Waals surface area (Å²) in [6.07, 6.45) is 8.18. The molecule has 1 aromatic rings. The van der Waals surface area contributed by atoms with Gasteiger partial charge in [0.05, 0.1) is 17.5 Å². The monoisotopic (exact) mass is 357 g/mol. The summed E-state index contributed by atoms with van der Waals surface area (Å²) in [5.41, 5.74) is 0.567. The van der Waals surface area contributed by atoms with Gasteiger partial charge in [-0.25, -0.2) is 0 Å². The number of hydrogen-bond acceptors (Lipinski definition) is 4. The van der Waals surface area contributed by atoms with E-state index in [1.807, 2.05) is 0 Å². The van der Waals surface area contributed by atoms with Crippen molar-refractivity contribution in [3.8, 4) is 5.75 Å². The van der Waals surface area contributed by atoms with Gasteiger partial charge in [-0.2, -0.15) is 0 Å². The molecule has 1 aromatic carbocycles. The van der Waals surface area contributed by atoms with Crippen LogP contribution in [0.15, 0.2) is 24.3 Å². The Kier molecular flexibility index (Phi) is 6.07. The minimum Gasteiger partial charge on any atom is -0.427 e. The lowest BCUT2D eigenvalue weighted by molar-refractivity contribution is -0.134. The second kappa shape index (κ2) is 8.47. The summed E-state index contributed by atoms with van der Waals surface area (Å²) in [6.45, 7) is 2.13. The average molecular weight is 357 g/mol. The number of imide groups is 1. The molecule has 2 atom stereocenters. The number of carbonyl (C=O) groups is 3. The highest BCUT2D eigenvalue weighted by Gasteiger charge is 2.48. The average Bonchev–Trinajstić information content (AvgIpc) is 2.91. The van der Waals surface area contributed by atoms with Gasteiger partial charge in [0.2, 0.25) is 11.8 Å². The van der Waals surface area contributed by atoms with Gasteiger partial charge in [-0.05, 0) is 43.5 Å². The fourth-order valence-electron chi connectivity index (χ4n) is 3.96. The van der Waals surface area contributed by atoms with Crippen molar-refractivity contribution in [1.29, 1.82) is 0 Å². The van der Waals surface area contributed by atoms with E-state index in [1.165, 1.54) is 4.90 Å². The fraction of sp³-hybridized carbons (Fsp3) is 0.571. The largest absolute Gasteiger partial charge is 0.427 e. The molecule has 1 saturated carbocycles. The van der Waals surface area contributed by atoms with Crippen molar-refractivity contribution in [3.05, 3.63) is 24.3 Å². The molecule has 0 N–H and O–H groups in total. The standard InChI is InChI=1S/C21H27NO4/c1-2-3-4-5-10-19(23)26-16-13-11-15(12-14-16)22-20(24)17-8-6-7-9-18(17)21(22)25/h11-14,17-18H,2-10H2,1H3/t17-,18-/m0/s1. The molecule has 5 heteroatoms. The molecule has 2 amide bonds. The number of esters is 1.